The van der Waals surface area contributed by atoms with Crippen molar-refractivity contribution in [2.75, 3.05) is 0 Å². The van der Waals surface area contributed by atoms with Crippen LogP contribution in [0.2, 0.25) is 0 Å². The lowest BCUT2D eigenvalue weighted by molar-refractivity contribution is -0.157. The van der Waals surface area contributed by atoms with E-state index < -0.39 is 11.4 Å². The van der Waals surface area contributed by atoms with Gasteiger partial charge < -0.3 is 5.11 Å². The summed E-state index contributed by atoms with van der Waals surface area (Å²) in [7, 11) is 0. The number of aliphatic carboxylic acids is 1. The molecule has 14 heavy (non-hydrogen) atoms. The molecule has 0 aromatic carbocycles. The zero-order valence-corrected chi connectivity index (χ0v) is 8.75. The molecule has 4 nitrogen and oxygen atoms in total. The monoisotopic (exact) mass is 212 g/mol. The van der Waals surface area contributed by atoms with Gasteiger partial charge >= 0.3 is 5.97 Å². The molecule has 1 N–H and O–H groups in total. The minimum Gasteiger partial charge on any atom is -0.481 e. The SMILES string of the molecule is CC1CC(Cc2cnsn2)(C(=O)O)C1. The number of carbonyl (C=O) groups is 1. The Morgan fingerprint density at radius 3 is 2.93 bits per heavy atom. The molecule has 0 unspecified atom stereocenters. The molecule has 0 spiro atoms. The van der Waals surface area contributed by atoms with Gasteiger partial charge in [0.05, 0.1) is 29.0 Å². The van der Waals surface area contributed by atoms with Crippen molar-refractivity contribution in [2.24, 2.45) is 11.3 Å². The summed E-state index contributed by atoms with van der Waals surface area (Å²) in [6, 6.07) is 0. The summed E-state index contributed by atoms with van der Waals surface area (Å²) in [5.74, 6) is -0.165. The van der Waals surface area contributed by atoms with E-state index in [1.54, 1.807) is 6.20 Å². The van der Waals surface area contributed by atoms with Crippen LogP contribution in [0, 0.1) is 11.3 Å². The Kier molecular flexibility index (Phi) is 2.26. The van der Waals surface area contributed by atoms with Crippen LogP contribution in [0.3, 0.4) is 0 Å². The summed E-state index contributed by atoms with van der Waals surface area (Å²) in [5.41, 5.74) is 0.249. The zero-order valence-electron chi connectivity index (χ0n) is 7.93. The first kappa shape index (κ1) is 9.58. The Labute approximate surface area is 86.3 Å². The lowest BCUT2D eigenvalue weighted by Gasteiger charge is -2.42. The molecular weight excluding hydrogens is 200 g/mol. The molecule has 5 heteroatoms. The highest BCUT2D eigenvalue weighted by molar-refractivity contribution is 6.99. The molecule has 2 rings (SSSR count). The smallest absolute Gasteiger partial charge is 0.310 e. The van der Waals surface area contributed by atoms with Crippen molar-refractivity contribution in [1.29, 1.82) is 0 Å². The van der Waals surface area contributed by atoms with E-state index in [-0.39, 0.29) is 0 Å². The summed E-state index contributed by atoms with van der Waals surface area (Å²) in [6.07, 6.45) is 3.72. The Hall–Kier alpha value is -0.970. The van der Waals surface area contributed by atoms with E-state index >= 15 is 0 Å². The first-order chi connectivity index (χ1) is 6.62. The van der Waals surface area contributed by atoms with Gasteiger partial charge in [-0.3, -0.25) is 4.79 Å². The van der Waals surface area contributed by atoms with Gasteiger partial charge in [-0.1, -0.05) is 6.92 Å². The van der Waals surface area contributed by atoms with Crippen LogP contribution in [0.5, 0.6) is 0 Å². The molecule has 0 bridgehead atoms. The second kappa shape index (κ2) is 3.31. The van der Waals surface area contributed by atoms with Crippen molar-refractivity contribution in [3.63, 3.8) is 0 Å². The molecule has 1 fully saturated rings. The molecule has 0 radical (unpaired) electrons. The van der Waals surface area contributed by atoms with Crippen LogP contribution in [0.1, 0.15) is 25.5 Å². The second-order valence-corrected chi connectivity index (χ2v) is 4.73. The molecule has 76 valence electrons. The standard InChI is InChI=1S/C9H12N2O2S/c1-6-2-9(3-6,8(12)13)4-7-5-10-14-11-7/h5-6H,2-4H2,1H3,(H,12,13). The zero-order chi connectivity index (χ0) is 10.2. The minimum atomic E-state index is -0.691. The van der Waals surface area contributed by atoms with Crippen molar-refractivity contribution >= 4 is 17.7 Å². The van der Waals surface area contributed by atoms with E-state index in [1.165, 1.54) is 0 Å². The quantitative estimate of drug-likeness (QED) is 0.826. The largest absolute Gasteiger partial charge is 0.481 e. The Bertz CT molecular complexity index is 331. The van der Waals surface area contributed by atoms with Gasteiger partial charge in [-0.05, 0) is 18.8 Å². The molecule has 0 saturated heterocycles. The van der Waals surface area contributed by atoms with Gasteiger partial charge in [0.2, 0.25) is 0 Å². The van der Waals surface area contributed by atoms with Crippen LogP contribution in [-0.2, 0) is 11.2 Å². The molecule has 1 aromatic heterocycles. The average molecular weight is 212 g/mol. The van der Waals surface area contributed by atoms with Crippen molar-refractivity contribution in [3.8, 4) is 0 Å². The first-order valence-corrected chi connectivity index (χ1v) is 5.35. The van der Waals surface area contributed by atoms with Crippen molar-refractivity contribution in [2.45, 2.75) is 26.2 Å². The third-order valence-corrected chi connectivity index (χ3v) is 3.37. The van der Waals surface area contributed by atoms with Crippen LogP contribution in [0.4, 0.5) is 0 Å². The maximum atomic E-state index is 11.1. The van der Waals surface area contributed by atoms with Crippen LogP contribution in [0.15, 0.2) is 6.20 Å². The van der Waals surface area contributed by atoms with Gasteiger partial charge in [0.15, 0.2) is 0 Å². The summed E-state index contributed by atoms with van der Waals surface area (Å²) in [5, 5.41) is 9.16. The Balaban J connectivity index is 2.10. The fraction of sp³-hybridized carbons (Fsp3) is 0.667. The van der Waals surface area contributed by atoms with Gasteiger partial charge in [0, 0.05) is 6.42 Å². The van der Waals surface area contributed by atoms with E-state index in [1.807, 2.05) is 0 Å². The van der Waals surface area contributed by atoms with Crippen LogP contribution >= 0.6 is 11.7 Å². The second-order valence-electron chi connectivity index (χ2n) is 4.17. The lowest BCUT2D eigenvalue weighted by atomic mass is 9.60. The maximum absolute atomic E-state index is 11.1. The number of hydrogen-bond donors (Lipinski definition) is 1. The molecule has 1 aliphatic rings. The maximum Gasteiger partial charge on any atom is 0.310 e. The van der Waals surface area contributed by atoms with Gasteiger partial charge in [0.1, 0.15) is 0 Å². The van der Waals surface area contributed by atoms with E-state index in [9.17, 15) is 4.79 Å². The number of carboxylic acid groups (broad SMARTS) is 1. The van der Waals surface area contributed by atoms with E-state index in [0.717, 1.165) is 30.3 Å². The van der Waals surface area contributed by atoms with Gasteiger partial charge in [-0.25, -0.2) is 0 Å². The Morgan fingerprint density at radius 1 is 1.79 bits per heavy atom. The van der Waals surface area contributed by atoms with E-state index in [0.29, 0.717) is 12.3 Å². The summed E-state index contributed by atoms with van der Waals surface area (Å²) in [6.45, 7) is 2.08. The summed E-state index contributed by atoms with van der Waals surface area (Å²) >= 11 is 1.13. The third kappa shape index (κ3) is 1.52. The third-order valence-electron chi connectivity index (χ3n) is 2.86. The fourth-order valence-corrected chi connectivity index (χ4v) is 2.71. The number of rotatable bonds is 3. The Morgan fingerprint density at radius 2 is 2.50 bits per heavy atom. The molecule has 0 amide bonds. The molecule has 1 heterocycles. The van der Waals surface area contributed by atoms with Crippen LogP contribution in [0.25, 0.3) is 0 Å². The van der Waals surface area contributed by atoms with Gasteiger partial charge in [-0.15, -0.1) is 0 Å². The molecule has 1 aliphatic carbocycles. The highest BCUT2D eigenvalue weighted by atomic mass is 32.1. The topological polar surface area (TPSA) is 63.1 Å². The molecular formula is C9H12N2O2S. The molecule has 0 aliphatic heterocycles. The fourth-order valence-electron chi connectivity index (χ4n) is 2.28. The van der Waals surface area contributed by atoms with Crippen molar-refractivity contribution < 1.29 is 9.90 Å². The van der Waals surface area contributed by atoms with Crippen molar-refractivity contribution in [3.05, 3.63) is 11.9 Å². The molecule has 0 atom stereocenters. The van der Waals surface area contributed by atoms with Crippen molar-refractivity contribution in [1.82, 2.24) is 8.75 Å². The number of aromatic nitrogens is 2. The average Bonchev–Trinajstić information content (AvgIpc) is 2.53. The highest BCUT2D eigenvalue weighted by Gasteiger charge is 2.48. The van der Waals surface area contributed by atoms with Gasteiger partial charge in [-0.2, -0.15) is 8.75 Å². The number of hydrogen-bond acceptors (Lipinski definition) is 4. The normalized spacial score (nSPS) is 31.1. The molecule has 1 aromatic rings. The number of carboxylic acids is 1. The summed E-state index contributed by atoms with van der Waals surface area (Å²) < 4.78 is 7.94. The van der Waals surface area contributed by atoms with Gasteiger partial charge in [0.25, 0.3) is 0 Å². The van der Waals surface area contributed by atoms with Crippen LogP contribution in [-0.4, -0.2) is 19.8 Å². The number of nitrogens with zero attached hydrogens (tertiary/aromatic N) is 2. The molecule has 1 saturated carbocycles. The minimum absolute atomic E-state index is 0.526. The highest BCUT2D eigenvalue weighted by Crippen LogP contribution is 2.47. The predicted octanol–water partition coefficient (Wildman–Crippen LogP) is 1.58. The van der Waals surface area contributed by atoms with Crippen LogP contribution < -0.4 is 0 Å². The summed E-state index contributed by atoms with van der Waals surface area (Å²) in [4.78, 5) is 11.1. The van der Waals surface area contributed by atoms with E-state index in [4.69, 9.17) is 5.11 Å². The first-order valence-electron chi connectivity index (χ1n) is 4.62. The lowest BCUT2D eigenvalue weighted by Crippen LogP contribution is -2.44. The predicted molar refractivity (Wildman–Crippen MR) is 52.1 cm³/mol. The van der Waals surface area contributed by atoms with E-state index in [2.05, 4.69) is 15.7 Å².